The number of esters is 1. The van der Waals surface area contributed by atoms with Gasteiger partial charge in [-0.15, -0.1) is 0 Å². The number of ether oxygens (including phenoxy) is 1. The molecule has 0 aliphatic rings. The van der Waals surface area contributed by atoms with Gasteiger partial charge in [-0.2, -0.15) is 0 Å². The first-order valence-electron chi connectivity index (χ1n) is 12.3. The SMILES string of the molecule is COC(=O)[C@H](Cc1ccc(N)c2ncccc12)NC(c1ccccc1)(c1ccccc1)c1ccccc1. The van der Waals surface area contributed by atoms with Crippen LogP contribution in [0.2, 0.25) is 0 Å². The fourth-order valence-electron chi connectivity index (χ4n) is 5.06. The van der Waals surface area contributed by atoms with Crippen molar-refractivity contribution in [3.05, 3.63) is 144 Å². The van der Waals surface area contributed by atoms with Crippen LogP contribution in [-0.4, -0.2) is 24.1 Å². The number of nitrogens with zero attached hydrogens (tertiary/aromatic N) is 1. The normalized spacial score (nSPS) is 12.2. The number of nitrogens with two attached hydrogens (primary N) is 1. The van der Waals surface area contributed by atoms with Crippen molar-refractivity contribution < 1.29 is 9.53 Å². The Morgan fingerprint density at radius 3 is 1.86 bits per heavy atom. The van der Waals surface area contributed by atoms with Crippen LogP contribution >= 0.6 is 0 Å². The molecule has 0 unspecified atom stereocenters. The molecule has 0 saturated heterocycles. The smallest absolute Gasteiger partial charge is 0.323 e. The number of aromatic nitrogens is 1. The molecule has 4 aromatic carbocycles. The molecule has 1 heterocycles. The molecule has 0 bridgehead atoms. The van der Waals surface area contributed by atoms with Crippen LogP contribution < -0.4 is 11.1 Å². The molecule has 1 atom stereocenters. The second kappa shape index (κ2) is 10.6. The zero-order valence-corrected chi connectivity index (χ0v) is 20.7. The van der Waals surface area contributed by atoms with E-state index in [2.05, 4.69) is 46.7 Å². The minimum atomic E-state index is -0.815. The molecule has 0 fully saturated rings. The quantitative estimate of drug-likeness (QED) is 0.172. The molecular formula is C32H29N3O2. The number of pyridine rings is 1. The maximum atomic E-state index is 13.4. The van der Waals surface area contributed by atoms with Gasteiger partial charge in [0, 0.05) is 11.6 Å². The highest BCUT2D eigenvalue weighted by Crippen LogP contribution is 2.38. The van der Waals surface area contributed by atoms with Crippen molar-refractivity contribution in [2.45, 2.75) is 18.0 Å². The topological polar surface area (TPSA) is 77.2 Å². The molecule has 0 aliphatic carbocycles. The van der Waals surface area contributed by atoms with Gasteiger partial charge in [0.05, 0.1) is 23.9 Å². The lowest BCUT2D eigenvalue weighted by Crippen LogP contribution is -2.53. The molecule has 0 amide bonds. The summed E-state index contributed by atoms with van der Waals surface area (Å²) in [7, 11) is 1.43. The van der Waals surface area contributed by atoms with E-state index in [-0.39, 0.29) is 5.97 Å². The van der Waals surface area contributed by atoms with Gasteiger partial charge >= 0.3 is 5.97 Å². The summed E-state index contributed by atoms with van der Waals surface area (Å²) < 4.78 is 5.33. The Kier molecular flexibility index (Phi) is 6.97. The zero-order valence-electron chi connectivity index (χ0n) is 20.7. The number of benzene rings is 4. The minimum absolute atomic E-state index is 0.346. The lowest BCUT2D eigenvalue weighted by atomic mass is 9.76. The van der Waals surface area contributed by atoms with Crippen molar-refractivity contribution in [2.24, 2.45) is 0 Å². The molecule has 0 aliphatic heterocycles. The molecule has 0 spiro atoms. The lowest BCUT2D eigenvalue weighted by Gasteiger charge is -2.39. The summed E-state index contributed by atoms with van der Waals surface area (Å²) in [5.41, 5.74) is 10.7. The molecule has 1 aromatic heterocycles. The second-order valence-electron chi connectivity index (χ2n) is 8.99. The number of rotatable bonds is 8. The third kappa shape index (κ3) is 4.69. The van der Waals surface area contributed by atoms with Gasteiger partial charge in [0.1, 0.15) is 6.04 Å². The maximum Gasteiger partial charge on any atom is 0.323 e. The summed E-state index contributed by atoms with van der Waals surface area (Å²) in [6, 6.07) is 37.6. The van der Waals surface area contributed by atoms with Crippen molar-refractivity contribution in [3.8, 4) is 0 Å². The van der Waals surface area contributed by atoms with E-state index >= 15 is 0 Å². The van der Waals surface area contributed by atoms with Gasteiger partial charge in [-0.1, -0.05) is 103 Å². The first-order chi connectivity index (χ1) is 18.1. The standard InChI is InChI=1S/C32H29N3O2/c1-37-31(36)29(22-23-19-20-28(33)30-27(23)18-11-21-34-30)35-32(24-12-5-2-6-13-24,25-14-7-3-8-15-25)26-16-9-4-10-17-26/h2-21,29,35H,22,33H2,1H3/t29-/m0/s1. The Morgan fingerprint density at radius 1 is 0.811 bits per heavy atom. The van der Waals surface area contributed by atoms with Crippen LogP contribution in [0.5, 0.6) is 0 Å². The number of carbonyl (C=O) groups excluding carboxylic acids is 1. The first kappa shape index (κ1) is 24.2. The van der Waals surface area contributed by atoms with Crippen LogP contribution in [0.1, 0.15) is 22.3 Å². The summed E-state index contributed by atoms with van der Waals surface area (Å²) in [4.78, 5) is 17.8. The Morgan fingerprint density at radius 2 is 1.35 bits per heavy atom. The van der Waals surface area contributed by atoms with Crippen LogP contribution in [0.3, 0.4) is 0 Å². The lowest BCUT2D eigenvalue weighted by molar-refractivity contribution is -0.143. The van der Waals surface area contributed by atoms with Gasteiger partial charge < -0.3 is 10.5 Å². The Balaban J connectivity index is 1.69. The van der Waals surface area contributed by atoms with Crippen molar-refractivity contribution in [2.75, 3.05) is 12.8 Å². The molecule has 5 heteroatoms. The summed E-state index contributed by atoms with van der Waals surface area (Å²) in [5, 5.41) is 4.69. The van der Waals surface area contributed by atoms with E-state index < -0.39 is 11.6 Å². The van der Waals surface area contributed by atoms with Gasteiger partial charge in [0.25, 0.3) is 0 Å². The number of anilines is 1. The van der Waals surface area contributed by atoms with E-state index in [0.29, 0.717) is 12.1 Å². The fourth-order valence-corrected chi connectivity index (χ4v) is 5.06. The zero-order chi connectivity index (χ0) is 25.7. The molecule has 37 heavy (non-hydrogen) atoms. The second-order valence-corrected chi connectivity index (χ2v) is 8.99. The van der Waals surface area contributed by atoms with Gasteiger partial charge in [0.2, 0.25) is 0 Å². The van der Waals surface area contributed by atoms with Gasteiger partial charge in [-0.3, -0.25) is 15.1 Å². The predicted octanol–water partition coefficient (Wildman–Crippen LogP) is 5.48. The minimum Gasteiger partial charge on any atom is -0.468 e. The van der Waals surface area contributed by atoms with Crippen LogP contribution in [0.25, 0.3) is 10.9 Å². The van der Waals surface area contributed by atoms with E-state index in [1.807, 2.05) is 78.9 Å². The predicted molar refractivity (Wildman–Crippen MR) is 148 cm³/mol. The number of nitrogens with one attached hydrogen (secondary N) is 1. The summed E-state index contributed by atoms with van der Waals surface area (Å²) in [5.74, 6) is -0.346. The van der Waals surface area contributed by atoms with E-state index in [4.69, 9.17) is 10.5 Å². The maximum absolute atomic E-state index is 13.4. The number of carbonyl (C=O) groups is 1. The summed E-state index contributed by atoms with van der Waals surface area (Å²) in [6.07, 6.45) is 2.12. The average molecular weight is 488 g/mol. The number of hydrogen-bond donors (Lipinski definition) is 2. The molecule has 5 nitrogen and oxygen atoms in total. The van der Waals surface area contributed by atoms with E-state index in [0.717, 1.165) is 33.2 Å². The molecule has 0 radical (unpaired) electrons. The van der Waals surface area contributed by atoms with Crippen molar-refractivity contribution >= 4 is 22.6 Å². The van der Waals surface area contributed by atoms with Crippen LogP contribution in [0, 0.1) is 0 Å². The number of fused-ring (bicyclic) bond motifs is 1. The number of nitrogen functional groups attached to an aromatic ring is 1. The molecular weight excluding hydrogens is 458 g/mol. The van der Waals surface area contributed by atoms with Crippen molar-refractivity contribution in [3.63, 3.8) is 0 Å². The fraction of sp³-hybridized carbons (Fsp3) is 0.125. The highest BCUT2D eigenvalue weighted by atomic mass is 16.5. The number of methoxy groups -OCH3 is 1. The van der Waals surface area contributed by atoms with Gasteiger partial charge in [-0.25, -0.2) is 0 Å². The first-order valence-corrected chi connectivity index (χ1v) is 12.3. The molecule has 3 N–H and O–H groups in total. The van der Waals surface area contributed by atoms with E-state index in [9.17, 15) is 4.79 Å². The Hall–Kier alpha value is -4.48. The van der Waals surface area contributed by atoms with Crippen LogP contribution in [0.4, 0.5) is 5.69 Å². The molecule has 5 aromatic rings. The third-order valence-electron chi connectivity index (χ3n) is 6.81. The van der Waals surface area contributed by atoms with Crippen LogP contribution in [-0.2, 0) is 21.5 Å². The number of hydrogen-bond acceptors (Lipinski definition) is 5. The summed E-state index contributed by atoms with van der Waals surface area (Å²) in [6.45, 7) is 0. The van der Waals surface area contributed by atoms with E-state index in [1.165, 1.54) is 7.11 Å². The van der Waals surface area contributed by atoms with Gasteiger partial charge in [0.15, 0.2) is 0 Å². The highest BCUT2D eigenvalue weighted by Gasteiger charge is 2.40. The third-order valence-corrected chi connectivity index (χ3v) is 6.81. The van der Waals surface area contributed by atoms with Crippen molar-refractivity contribution in [1.29, 1.82) is 0 Å². The Bertz CT molecular complexity index is 1390. The highest BCUT2D eigenvalue weighted by molar-refractivity contribution is 5.92. The molecule has 5 rings (SSSR count). The molecule has 184 valence electrons. The van der Waals surface area contributed by atoms with Crippen LogP contribution in [0.15, 0.2) is 121 Å². The largest absolute Gasteiger partial charge is 0.468 e. The monoisotopic (exact) mass is 487 g/mol. The van der Waals surface area contributed by atoms with Gasteiger partial charge in [-0.05, 0) is 40.8 Å². The average Bonchev–Trinajstić information content (AvgIpc) is 2.97. The molecule has 0 saturated carbocycles. The summed E-state index contributed by atoms with van der Waals surface area (Å²) >= 11 is 0. The Labute approximate surface area is 216 Å². The van der Waals surface area contributed by atoms with E-state index in [1.54, 1.807) is 6.20 Å². The van der Waals surface area contributed by atoms with Crippen molar-refractivity contribution in [1.82, 2.24) is 10.3 Å².